The van der Waals surface area contributed by atoms with Gasteiger partial charge in [0.2, 0.25) is 0 Å². The second-order valence-corrected chi connectivity index (χ2v) is 4.69. The summed E-state index contributed by atoms with van der Waals surface area (Å²) in [5.74, 6) is -0.525. The van der Waals surface area contributed by atoms with Crippen molar-refractivity contribution >= 4 is 17.7 Å². The number of para-hydroxylation sites is 1. The molecule has 0 radical (unpaired) electrons. The van der Waals surface area contributed by atoms with E-state index in [-0.39, 0.29) is 23.9 Å². The van der Waals surface area contributed by atoms with E-state index in [2.05, 4.69) is 15.3 Å². The Labute approximate surface area is 139 Å². The lowest BCUT2D eigenvalue weighted by Gasteiger charge is -2.09. The monoisotopic (exact) mass is 327 g/mol. The second kappa shape index (κ2) is 8.33. The van der Waals surface area contributed by atoms with Crippen LogP contribution in [0, 0.1) is 0 Å². The molecule has 2 aromatic rings. The van der Waals surface area contributed by atoms with Gasteiger partial charge in [-0.2, -0.15) is 5.10 Å². The summed E-state index contributed by atoms with van der Waals surface area (Å²) in [6, 6.07) is 15.2. The van der Waals surface area contributed by atoms with Crippen molar-refractivity contribution in [3.05, 3.63) is 65.7 Å². The highest BCUT2D eigenvalue weighted by Crippen LogP contribution is 2.18. The van der Waals surface area contributed by atoms with E-state index in [9.17, 15) is 9.59 Å². The molecule has 0 atom stereocenters. The fourth-order valence-electron chi connectivity index (χ4n) is 1.83. The third-order valence-electron chi connectivity index (χ3n) is 3.00. The number of benzene rings is 2. The normalized spacial score (nSPS) is 10.8. The molecule has 7 nitrogen and oxygen atoms in total. The third-order valence-corrected chi connectivity index (χ3v) is 3.00. The first-order valence-electron chi connectivity index (χ1n) is 7.09. The van der Waals surface area contributed by atoms with Crippen molar-refractivity contribution in [2.24, 2.45) is 10.8 Å². The number of hydrazone groups is 1. The summed E-state index contributed by atoms with van der Waals surface area (Å²) in [6.07, 6.45) is 0. The average Bonchev–Trinajstić information content (AvgIpc) is 2.64. The van der Waals surface area contributed by atoms with E-state index in [1.165, 1.54) is 7.11 Å². The summed E-state index contributed by atoms with van der Waals surface area (Å²) in [5.41, 5.74) is 8.78. The molecule has 0 aliphatic rings. The Kier molecular flexibility index (Phi) is 5.90. The summed E-state index contributed by atoms with van der Waals surface area (Å²) in [5, 5.41) is 3.76. The van der Waals surface area contributed by atoms with Crippen LogP contribution in [0.1, 0.15) is 20.7 Å². The van der Waals surface area contributed by atoms with Crippen LogP contribution >= 0.6 is 0 Å². The van der Waals surface area contributed by atoms with Crippen molar-refractivity contribution < 1.29 is 19.1 Å². The number of ether oxygens (including phenoxy) is 2. The number of carbonyl (C=O) groups excluding carboxylic acids is 2. The van der Waals surface area contributed by atoms with Gasteiger partial charge in [-0.25, -0.2) is 10.2 Å². The topological polar surface area (TPSA) is 103 Å². The van der Waals surface area contributed by atoms with Gasteiger partial charge in [0.05, 0.1) is 7.11 Å². The van der Waals surface area contributed by atoms with Crippen LogP contribution in [-0.2, 0) is 4.74 Å². The first-order valence-corrected chi connectivity index (χ1v) is 7.09. The first kappa shape index (κ1) is 17.0. The van der Waals surface area contributed by atoms with Gasteiger partial charge in [-0.05, 0) is 24.3 Å². The van der Waals surface area contributed by atoms with Crippen LogP contribution in [0.3, 0.4) is 0 Å². The Morgan fingerprint density at radius 3 is 2.46 bits per heavy atom. The quantitative estimate of drug-likeness (QED) is 0.363. The van der Waals surface area contributed by atoms with Gasteiger partial charge in [-0.15, -0.1) is 0 Å². The number of rotatable bonds is 6. The molecule has 0 unspecified atom stereocenters. The van der Waals surface area contributed by atoms with Gasteiger partial charge in [0.25, 0.3) is 5.91 Å². The molecule has 2 rings (SSSR count). The van der Waals surface area contributed by atoms with E-state index in [1.54, 1.807) is 54.6 Å². The number of amidine groups is 1. The molecule has 24 heavy (non-hydrogen) atoms. The minimum Gasteiger partial charge on any atom is -0.485 e. The van der Waals surface area contributed by atoms with E-state index in [4.69, 9.17) is 10.5 Å². The minimum absolute atomic E-state index is 0.0546. The number of nitrogens with two attached hydrogens (primary N) is 1. The highest BCUT2D eigenvalue weighted by Gasteiger charge is 2.12. The number of nitrogens with one attached hydrogen (secondary N) is 1. The Hall–Kier alpha value is -3.35. The van der Waals surface area contributed by atoms with Crippen molar-refractivity contribution in [1.82, 2.24) is 5.43 Å². The van der Waals surface area contributed by atoms with Crippen LogP contribution in [-0.4, -0.2) is 31.4 Å². The molecule has 0 saturated heterocycles. The summed E-state index contributed by atoms with van der Waals surface area (Å²) in [7, 11) is 1.29. The zero-order valence-corrected chi connectivity index (χ0v) is 13.1. The molecule has 2 aromatic carbocycles. The number of esters is 1. The molecule has 1 amide bonds. The van der Waals surface area contributed by atoms with Crippen molar-refractivity contribution in [1.29, 1.82) is 0 Å². The SMILES string of the molecule is COC(=O)c1ccccc1OC/C(N)=N\NC(=O)c1ccccc1. The van der Waals surface area contributed by atoms with Crippen LogP contribution < -0.4 is 15.9 Å². The lowest BCUT2D eigenvalue weighted by Crippen LogP contribution is -2.27. The predicted molar refractivity (Wildman–Crippen MR) is 88.8 cm³/mol. The Bertz CT molecular complexity index is 745. The molecule has 0 spiro atoms. The third kappa shape index (κ3) is 4.57. The highest BCUT2D eigenvalue weighted by molar-refractivity contribution is 5.95. The lowest BCUT2D eigenvalue weighted by atomic mass is 10.2. The number of nitrogens with zero attached hydrogens (tertiary/aromatic N) is 1. The number of hydrogen-bond donors (Lipinski definition) is 2. The van der Waals surface area contributed by atoms with Gasteiger partial charge in [0.1, 0.15) is 17.9 Å². The van der Waals surface area contributed by atoms with Crippen LogP contribution in [0.5, 0.6) is 5.75 Å². The molecule has 0 aromatic heterocycles. The highest BCUT2D eigenvalue weighted by atomic mass is 16.5. The van der Waals surface area contributed by atoms with Crippen molar-refractivity contribution in [2.75, 3.05) is 13.7 Å². The van der Waals surface area contributed by atoms with Crippen molar-refractivity contribution in [3.63, 3.8) is 0 Å². The number of hydrogen-bond acceptors (Lipinski definition) is 5. The van der Waals surface area contributed by atoms with Gasteiger partial charge in [-0.1, -0.05) is 30.3 Å². The smallest absolute Gasteiger partial charge is 0.341 e. The van der Waals surface area contributed by atoms with E-state index < -0.39 is 5.97 Å². The van der Waals surface area contributed by atoms with E-state index in [1.807, 2.05) is 0 Å². The van der Waals surface area contributed by atoms with Crippen LogP contribution in [0.25, 0.3) is 0 Å². The van der Waals surface area contributed by atoms with E-state index >= 15 is 0 Å². The first-order chi connectivity index (χ1) is 11.6. The standard InChI is InChI=1S/C17H17N3O4/c1-23-17(22)13-9-5-6-10-14(13)24-11-15(18)19-20-16(21)12-7-3-2-4-8-12/h2-10H,11H2,1H3,(H2,18,19)(H,20,21). The average molecular weight is 327 g/mol. The molecule has 0 aliphatic carbocycles. The molecule has 0 aliphatic heterocycles. The van der Waals surface area contributed by atoms with Gasteiger partial charge in [0, 0.05) is 5.56 Å². The summed E-state index contributed by atoms with van der Waals surface area (Å²) >= 11 is 0. The molecule has 3 N–H and O–H groups in total. The molecule has 0 bridgehead atoms. The van der Waals surface area contributed by atoms with Gasteiger partial charge in [0.15, 0.2) is 5.84 Å². The fourth-order valence-corrected chi connectivity index (χ4v) is 1.83. The van der Waals surface area contributed by atoms with E-state index in [0.717, 1.165) is 0 Å². The molecular weight excluding hydrogens is 310 g/mol. The van der Waals surface area contributed by atoms with Crippen molar-refractivity contribution in [3.8, 4) is 5.75 Å². The fraction of sp³-hybridized carbons (Fsp3) is 0.118. The maximum absolute atomic E-state index is 11.8. The number of carbonyl (C=O) groups is 2. The molecule has 0 heterocycles. The molecule has 124 valence electrons. The van der Waals surface area contributed by atoms with E-state index in [0.29, 0.717) is 11.3 Å². The van der Waals surface area contributed by atoms with Crippen LogP contribution in [0.15, 0.2) is 59.7 Å². The molecular formula is C17H17N3O4. The number of methoxy groups -OCH3 is 1. The van der Waals surface area contributed by atoms with Gasteiger partial charge in [-0.3, -0.25) is 4.79 Å². The summed E-state index contributed by atoms with van der Waals surface area (Å²) in [4.78, 5) is 23.5. The molecule has 0 saturated carbocycles. The van der Waals surface area contributed by atoms with Crippen molar-refractivity contribution in [2.45, 2.75) is 0 Å². The zero-order valence-electron chi connectivity index (χ0n) is 13.1. The predicted octanol–water partition coefficient (Wildman–Crippen LogP) is 1.55. The molecule has 7 heteroatoms. The van der Waals surface area contributed by atoms with Crippen LogP contribution in [0.2, 0.25) is 0 Å². The Morgan fingerprint density at radius 1 is 1.08 bits per heavy atom. The van der Waals surface area contributed by atoms with Gasteiger partial charge >= 0.3 is 5.97 Å². The largest absolute Gasteiger partial charge is 0.485 e. The number of amides is 1. The van der Waals surface area contributed by atoms with Crippen LogP contribution in [0.4, 0.5) is 0 Å². The molecule has 0 fully saturated rings. The Morgan fingerprint density at radius 2 is 1.75 bits per heavy atom. The second-order valence-electron chi connectivity index (χ2n) is 4.69. The maximum Gasteiger partial charge on any atom is 0.341 e. The zero-order chi connectivity index (χ0) is 17.4. The minimum atomic E-state index is -0.515. The summed E-state index contributed by atoms with van der Waals surface area (Å²) < 4.78 is 10.1. The van der Waals surface area contributed by atoms with Gasteiger partial charge < -0.3 is 15.2 Å². The maximum atomic E-state index is 11.8. The summed E-state index contributed by atoms with van der Waals surface area (Å²) in [6.45, 7) is -0.0942. The lowest BCUT2D eigenvalue weighted by molar-refractivity contribution is 0.0596. The Balaban J connectivity index is 1.95.